The number of nitrogens with one attached hydrogen (secondary N) is 1. The number of fused-ring (bicyclic) bond motifs is 1. The number of halogens is 3. The number of hydrogen-bond acceptors (Lipinski definition) is 4. The van der Waals surface area contributed by atoms with Crippen molar-refractivity contribution in [3.05, 3.63) is 64.7 Å². The number of alkyl halides is 3. The average Bonchev–Trinajstić information content (AvgIpc) is 3.14. The van der Waals surface area contributed by atoms with E-state index >= 15 is 0 Å². The molecule has 166 valence electrons. The van der Waals surface area contributed by atoms with Crippen LogP contribution in [0.4, 0.5) is 18.9 Å². The average molecular weight is 433 g/mol. The molecule has 1 N–H and O–H groups in total. The van der Waals surface area contributed by atoms with Crippen molar-refractivity contribution >= 4 is 11.6 Å². The summed E-state index contributed by atoms with van der Waals surface area (Å²) in [7, 11) is 2.06. The van der Waals surface area contributed by atoms with E-state index in [4.69, 9.17) is 4.74 Å². The standard InChI is InChI=1S/C23H26F3N3O2/c1-28-9-8-17-14-16(6-7-20(17)28)21(29-10-12-31-13-11-29)15-27-22(30)18-4-2-3-5-19(18)23(24,25)26/h2-7,14,21H,8-13,15H2,1H3,(H,27,30). The van der Waals surface area contributed by atoms with Crippen molar-refractivity contribution < 1.29 is 22.7 Å². The number of carbonyl (C=O) groups excluding carboxylic acids is 1. The Morgan fingerprint density at radius 3 is 2.61 bits per heavy atom. The lowest BCUT2D eigenvalue weighted by molar-refractivity contribution is -0.137. The highest BCUT2D eigenvalue weighted by molar-refractivity contribution is 5.95. The Labute approximate surface area is 179 Å². The van der Waals surface area contributed by atoms with Gasteiger partial charge in [-0.1, -0.05) is 24.3 Å². The first-order chi connectivity index (χ1) is 14.8. The van der Waals surface area contributed by atoms with Crippen LogP contribution in [0.25, 0.3) is 0 Å². The number of rotatable bonds is 5. The number of nitrogens with zero attached hydrogens (tertiary/aromatic N) is 2. The fraction of sp³-hybridized carbons (Fsp3) is 0.435. The second kappa shape index (κ2) is 8.88. The van der Waals surface area contributed by atoms with Gasteiger partial charge in [-0.2, -0.15) is 13.2 Å². The third-order valence-electron chi connectivity index (χ3n) is 6.04. The molecule has 31 heavy (non-hydrogen) atoms. The fourth-order valence-electron chi connectivity index (χ4n) is 4.35. The van der Waals surface area contributed by atoms with Gasteiger partial charge in [0.05, 0.1) is 30.4 Å². The third kappa shape index (κ3) is 4.70. The van der Waals surface area contributed by atoms with Crippen LogP contribution in [0, 0.1) is 0 Å². The zero-order chi connectivity index (χ0) is 22.0. The summed E-state index contributed by atoms with van der Waals surface area (Å²) >= 11 is 0. The molecule has 0 aromatic heterocycles. The summed E-state index contributed by atoms with van der Waals surface area (Å²) < 4.78 is 45.4. The number of morpholine rings is 1. The first kappa shape index (κ1) is 21.6. The predicted octanol–water partition coefficient (Wildman–Crippen LogP) is 3.50. The molecule has 0 radical (unpaired) electrons. The summed E-state index contributed by atoms with van der Waals surface area (Å²) in [5, 5.41) is 2.75. The molecule has 1 amide bonds. The largest absolute Gasteiger partial charge is 0.417 e. The third-order valence-corrected chi connectivity index (χ3v) is 6.04. The van der Waals surface area contributed by atoms with E-state index in [9.17, 15) is 18.0 Å². The molecule has 1 fully saturated rings. The zero-order valence-corrected chi connectivity index (χ0v) is 17.4. The molecular formula is C23H26F3N3O2. The van der Waals surface area contributed by atoms with E-state index in [0.717, 1.165) is 24.6 Å². The Kier molecular flexibility index (Phi) is 6.20. The Morgan fingerprint density at radius 1 is 1.13 bits per heavy atom. The summed E-state index contributed by atoms with van der Waals surface area (Å²) in [5.41, 5.74) is 2.24. The van der Waals surface area contributed by atoms with Gasteiger partial charge in [0.2, 0.25) is 0 Å². The molecule has 4 rings (SSSR count). The van der Waals surface area contributed by atoms with Crippen LogP contribution in [0.15, 0.2) is 42.5 Å². The topological polar surface area (TPSA) is 44.8 Å². The van der Waals surface area contributed by atoms with Crippen molar-refractivity contribution in [3.63, 3.8) is 0 Å². The molecule has 0 spiro atoms. The number of amides is 1. The molecule has 1 atom stereocenters. The Balaban J connectivity index is 1.56. The second-order valence-corrected chi connectivity index (χ2v) is 7.98. The minimum Gasteiger partial charge on any atom is -0.379 e. The maximum Gasteiger partial charge on any atom is 0.417 e. The van der Waals surface area contributed by atoms with Crippen LogP contribution in [0.1, 0.15) is 33.1 Å². The van der Waals surface area contributed by atoms with Crippen molar-refractivity contribution in [1.82, 2.24) is 10.2 Å². The summed E-state index contributed by atoms with van der Waals surface area (Å²) in [6.45, 7) is 3.78. The molecule has 2 heterocycles. The number of carbonyl (C=O) groups is 1. The Bertz CT molecular complexity index is 942. The minimum atomic E-state index is -4.58. The normalized spacial score (nSPS) is 18.0. The molecule has 0 saturated carbocycles. The number of hydrogen-bond donors (Lipinski definition) is 1. The van der Waals surface area contributed by atoms with E-state index in [-0.39, 0.29) is 18.2 Å². The molecule has 0 bridgehead atoms. The van der Waals surface area contributed by atoms with E-state index in [0.29, 0.717) is 26.3 Å². The van der Waals surface area contributed by atoms with E-state index in [2.05, 4.69) is 40.4 Å². The van der Waals surface area contributed by atoms with E-state index in [1.807, 2.05) is 0 Å². The van der Waals surface area contributed by atoms with Crippen molar-refractivity contribution in [2.45, 2.75) is 18.6 Å². The highest BCUT2D eigenvalue weighted by Crippen LogP contribution is 2.33. The Hall–Kier alpha value is -2.58. The molecule has 2 aliphatic rings. The monoisotopic (exact) mass is 433 g/mol. The van der Waals surface area contributed by atoms with Crippen molar-refractivity contribution in [2.75, 3.05) is 51.3 Å². The maximum absolute atomic E-state index is 13.3. The molecule has 2 aromatic carbocycles. The number of likely N-dealkylation sites (N-methyl/N-ethyl adjacent to an activating group) is 1. The SMILES string of the molecule is CN1CCc2cc(C(CNC(=O)c3ccccc3C(F)(F)F)N3CCOCC3)ccc21. The van der Waals surface area contributed by atoms with Crippen LogP contribution in [-0.4, -0.2) is 57.2 Å². The summed E-state index contributed by atoms with van der Waals surface area (Å²) in [5.74, 6) is -0.716. The highest BCUT2D eigenvalue weighted by Gasteiger charge is 2.35. The maximum atomic E-state index is 13.3. The van der Waals surface area contributed by atoms with Gasteiger partial charge in [-0.25, -0.2) is 0 Å². The van der Waals surface area contributed by atoms with Gasteiger partial charge in [-0.15, -0.1) is 0 Å². The van der Waals surface area contributed by atoms with Gasteiger partial charge in [-0.05, 0) is 35.7 Å². The van der Waals surface area contributed by atoms with Crippen molar-refractivity contribution in [2.24, 2.45) is 0 Å². The van der Waals surface area contributed by atoms with Crippen LogP contribution in [0.3, 0.4) is 0 Å². The lowest BCUT2D eigenvalue weighted by Crippen LogP contribution is -2.44. The molecule has 1 saturated heterocycles. The molecule has 8 heteroatoms. The van der Waals surface area contributed by atoms with E-state index in [1.165, 1.54) is 29.4 Å². The van der Waals surface area contributed by atoms with Crippen LogP contribution < -0.4 is 10.2 Å². The molecule has 1 unspecified atom stereocenters. The van der Waals surface area contributed by atoms with Gasteiger partial charge in [0.15, 0.2) is 0 Å². The van der Waals surface area contributed by atoms with Gasteiger partial charge >= 0.3 is 6.18 Å². The van der Waals surface area contributed by atoms with Gasteiger partial charge in [0.25, 0.3) is 5.91 Å². The summed E-state index contributed by atoms with van der Waals surface area (Å²) in [6.07, 6.45) is -3.62. The molecule has 5 nitrogen and oxygen atoms in total. The lowest BCUT2D eigenvalue weighted by atomic mass is 10.00. The first-order valence-electron chi connectivity index (χ1n) is 10.4. The fourth-order valence-corrected chi connectivity index (χ4v) is 4.35. The van der Waals surface area contributed by atoms with Crippen LogP contribution in [0.2, 0.25) is 0 Å². The summed E-state index contributed by atoms with van der Waals surface area (Å²) in [4.78, 5) is 17.1. The predicted molar refractivity (Wildman–Crippen MR) is 112 cm³/mol. The minimum absolute atomic E-state index is 0.137. The van der Waals surface area contributed by atoms with E-state index in [1.54, 1.807) is 0 Å². The van der Waals surface area contributed by atoms with E-state index < -0.39 is 17.6 Å². The van der Waals surface area contributed by atoms with Crippen LogP contribution in [0.5, 0.6) is 0 Å². The lowest BCUT2D eigenvalue weighted by Gasteiger charge is -2.35. The molecule has 0 aliphatic carbocycles. The quantitative estimate of drug-likeness (QED) is 0.784. The number of benzene rings is 2. The van der Waals surface area contributed by atoms with Crippen LogP contribution >= 0.6 is 0 Å². The first-order valence-corrected chi connectivity index (χ1v) is 10.4. The molecular weight excluding hydrogens is 407 g/mol. The van der Waals surface area contributed by atoms with Gasteiger partial charge < -0.3 is 15.0 Å². The molecule has 2 aliphatic heterocycles. The Morgan fingerprint density at radius 2 is 1.87 bits per heavy atom. The second-order valence-electron chi connectivity index (χ2n) is 7.98. The smallest absolute Gasteiger partial charge is 0.379 e. The van der Waals surface area contributed by atoms with Crippen molar-refractivity contribution in [1.29, 1.82) is 0 Å². The highest BCUT2D eigenvalue weighted by atomic mass is 19.4. The summed E-state index contributed by atoms with van der Waals surface area (Å²) in [6, 6.07) is 11.1. The van der Waals surface area contributed by atoms with Crippen LogP contribution in [-0.2, 0) is 17.3 Å². The van der Waals surface area contributed by atoms with Gasteiger partial charge in [0.1, 0.15) is 0 Å². The number of anilines is 1. The molecule has 2 aromatic rings. The zero-order valence-electron chi connectivity index (χ0n) is 17.4. The van der Waals surface area contributed by atoms with Crippen molar-refractivity contribution in [3.8, 4) is 0 Å². The van der Waals surface area contributed by atoms with Gasteiger partial charge in [-0.3, -0.25) is 9.69 Å². The number of ether oxygens (including phenoxy) is 1. The van der Waals surface area contributed by atoms with Gasteiger partial charge in [0, 0.05) is 38.9 Å².